The number of carbonyl (C=O) groups is 1. The molecule has 1 rings (SSSR count). The van der Waals surface area contributed by atoms with Crippen LogP contribution in [0.5, 0.6) is 0 Å². The van der Waals surface area contributed by atoms with Crippen molar-refractivity contribution in [2.75, 3.05) is 12.9 Å². The van der Waals surface area contributed by atoms with Crippen molar-refractivity contribution in [3.63, 3.8) is 0 Å². The summed E-state index contributed by atoms with van der Waals surface area (Å²) < 4.78 is 30.6. The lowest BCUT2D eigenvalue weighted by Gasteiger charge is -2.08. The van der Waals surface area contributed by atoms with Crippen LogP contribution in [0.3, 0.4) is 0 Å². The van der Waals surface area contributed by atoms with Gasteiger partial charge >= 0.3 is 5.97 Å². The van der Waals surface area contributed by atoms with Crippen molar-refractivity contribution < 1.29 is 18.3 Å². The predicted octanol–water partition coefficient (Wildman–Crippen LogP) is 2.09. The fourth-order valence-corrected chi connectivity index (χ4v) is 2.32. The third-order valence-electron chi connectivity index (χ3n) is 2.34. The van der Waals surface area contributed by atoms with Gasteiger partial charge < -0.3 is 10.5 Å². The van der Waals surface area contributed by atoms with Gasteiger partial charge in [0.2, 0.25) is 0 Å². The Morgan fingerprint density at radius 2 is 2.22 bits per heavy atom. The molecule has 0 aliphatic carbocycles. The number of halogens is 2. The molecule has 0 bridgehead atoms. The topological polar surface area (TPSA) is 52.3 Å². The number of ether oxygens (including phenoxy) is 1. The lowest BCUT2D eigenvalue weighted by Crippen LogP contribution is -2.31. The molecule has 0 saturated carbocycles. The van der Waals surface area contributed by atoms with E-state index in [-0.39, 0.29) is 0 Å². The van der Waals surface area contributed by atoms with Crippen LogP contribution in [-0.2, 0) is 15.3 Å². The van der Waals surface area contributed by atoms with Crippen molar-refractivity contribution in [1.82, 2.24) is 0 Å². The Labute approximate surface area is 109 Å². The summed E-state index contributed by atoms with van der Waals surface area (Å²) in [6.07, 6.45) is 0.439. The summed E-state index contributed by atoms with van der Waals surface area (Å²) in [5.74, 6) is -0.434. The average Bonchev–Trinajstić information content (AvgIpc) is 2.37. The van der Waals surface area contributed by atoms with E-state index >= 15 is 0 Å². The second kappa shape index (κ2) is 7.33. The molecule has 100 valence electrons. The molecule has 0 saturated heterocycles. The highest BCUT2D eigenvalue weighted by molar-refractivity contribution is 7.98. The van der Waals surface area contributed by atoms with Gasteiger partial charge in [0.05, 0.1) is 7.11 Å². The van der Waals surface area contributed by atoms with Crippen LogP contribution in [0.25, 0.3) is 0 Å². The zero-order chi connectivity index (χ0) is 13.5. The molecule has 0 fully saturated rings. The van der Waals surface area contributed by atoms with Crippen LogP contribution in [0.15, 0.2) is 18.2 Å². The molecule has 0 radical (unpaired) electrons. The van der Waals surface area contributed by atoms with Gasteiger partial charge in [0.1, 0.15) is 17.7 Å². The van der Waals surface area contributed by atoms with Crippen LogP contribution in [-0.4, -0.2) is 24.9 Å². The van der Waals surface area contributed by atoms with E-state index in [9.17, 15) is 13.6 Å². The van der Waals surface area contributed by atoms with Gasteiger partial charge in [0.25, 0.3) is 0 Å². The molecule has 0 aliphatic heterocycles. The summed E-state index contributed by atoms with van der Waals surface area (Å²) in [7, 11) is 1.28. The van der Waals surface area contributed by atoms with E-state index in [1.165, 1.54) is 24.9 Å². The van der Waals surface area contributed by atoms with Gasteiger partial charge in [-0.1, -0.05) is 0 Å². The SMILES string of the molecule is COC(=O)C(N)CCSCc1cc(F)ccc1F. The van der Waals surface area contributed by atoms with Crippen LogP contribution in [0.1, 0.15) is 12.0 Å². The van der Waals surface area contributed by atoms with Gasteiger partial charge in [-0.25, -0.2) is 8.78 Å². The maximum absolute atomic E-state index is 13.3. The molecule has 6 heteroatoms. The molecule has 0 aliphatic rings. The molecule has 1 unspecified atom stereocenters. The second-order valence-corrected chi connectivity index (χ2v) is 4.81. The highest BCUT2D eigenvalue weighted by atomic mass is 32.2. The van der Waals surface area contributed by atoms with Crippen molar-refractivity contribution >= 4 is 17.7 Å². The molecule has 0 aromatic heterocycles. The van der Waals surface area contributed by atoms with E-state index in [0.29, 0.717) is 23.5 Å². The molecular weight excluding hydrogens is 260 g/mol. The van der Waals surface area contributed by atoms with Crippen LogP contribution < -0.4 is 5.73 Å². The number of methoxy groups -OCH3 is 1. The van der Waals surface area contributed by atoms with Crippen LogP contribution in [0.4, 0.5) is 8.78 Å². The van der Waals surface area contributed by atoms with Gasteiger partial charge in [-0.3, -0.25) is 4.79 Å². The van der Waals surface area contributed by atoms with E-state index in [0.717, 1.165) is 12.1 Å². The van der Waals surface area contributed by atoms with Crippen LogP contribution in [0, 0.1) is 11.6 Å². The standard InChI is InChI=1S/C12H15F2NO2S/c1-17-12(16)11(15)4-5-18-7-8-6-9(13)2-3-10(8)14/h2-3,6,11H,4-5,7,15H2,1H3. The number of carbonyl (C=O) groups excluding carboxylic acids is 1. The van der Waals surface area contributed by atoms with Gasteiger partial charge in [0.15, 0.2) is 0 Å². The number of hydrogen-bond acceptors (Lipinski definition) is 4. The first-order valence-corrected chi connectivity index (χ1v) is 6.55. The van der Waals surface area contributed by atoms with E-state index in [4.69, 9.17) is 5.73 Å². The second-order valence-electron chi connectivity index (χ2n) is 3.71. The molecule has 2 N–H and O–H groups in total. The van der Waals surface area contributed by atoms with Gasteiger partial charge in [-0.05, 0) is 30.4 Å². The normalized spacial score (nSPS) is 12.2. The molecule has 0 heterocycles. The minimum atomic E-state index is -0.667. The number of esters is 1. The van der Waals surface area contributed by atoms with Crippen molar-refractivity contribution in [1.29, 1.82) is 0 Å². The van der Waals surface area contributed by atoms with E-state index in [2.05, 4.69) is 4.74 Å². The van der Waals surface area contributed by atoms with Crippen molar-refractivity contribution in [2.24, 2.45) is 5.73 Å². The average molecular weight is 275 g/mol. The highest BCUT2D eigenvalue weighted by Gasteiger charge is 2.13. The van der Waals surface area contributed by atoms with Crippen LogP contribution in [0.2, 0.25) is 0 Å². The Morgan fingerprint density at radius 1 is 1.50 bits per heavy atom. The fraction of sp³-hybridized carbons (Fsp3) is 0.417. The molecule has 1 aromatic rings. The molecule has 1 atom stereocenters. The maximum Gasteiger partial charge on any atom is 0.322 e. The quantitative estimate of drug-likeness (QED) is 0.638. The minimum Gasteiger partial charge on any atom is -0.468 e. The molecule has 1 aromatic carbocycles. The Morgan fingerprint density at radius 3 is 2.89 bits per heavy atom. The molecule has 0 spiro atoms. The number of nitrogens with two attached hydrogens (primary N) is 1. The maximum atomic E-state index is 13.3. The van der Waals surface area contributed by atoms with E-state index in [1.54, 1.807) is 0 Å². The summed E-state index contributed by atoms with van der Waals surface area (Å²) in [5, 5.41) is 0. The monoisotopic (exact) mass is 275 g/mol. The summed E-state index contributed by atoms with van der Waals surface area (Å²) in [6, 6.07) is 2.69. The largest absolute Gasteiger partial charge is 0.468 e. The van der Waals surface area contributed by atoms with Gasteiger partial charge in [-0.15, -0.1) is 0 Å². The number of benzene rings is 1. The van der Waals surface area contributed by atoms with Crippen molar-refractivity contribution in [3.8, 4) is 0 Å². The summed E-state index contributed by atoms with van der Waals surface area (Å²) in [6.45, 7) is 0. The third kappa shape index (κ3) is 4.62. The Balaban J connectivity index is 2.34. The summed E-state index contributed by atoms with van der Waals surface area (Å²) in [5.41, 5.74) is 5.85. The minimum absolute atomic E-state index is 0.312. The summed E-state index contributed by atoms with van der Waals surface area (Å²) in [4.78, 5) is 11.0. The third-order valence-corrected chi connectivity index (χ3v) is 3.38. The number of hydrogen-bond donors (Lipinski definition) is 1. The number of thioether (sulfide) groups is 1. The lowest BCUT2D eigenvalue weighted by molar-refractivity contribution is -0.142. The Hall–Kier alpha value is -1.14. The Bertz CT molecular complexity index is 415. The van der Waals surface area contributed by atoms with Gasteiger partial charge in [0, 0.05) is 11.3 Å². The first-order valence-electron chi connectivity index (χ1n) is 5.39. The Kier molecular flexibility index (Phi) is 6.07. The fourth-order valence-electron chi connectivity index (χ4n) is 1.32. The lowest BCUT2D eigenvalue weighted by atomic mass is 10.2. The number of rotatable bonds is 6. The first kappa shape index (κ1) is 14.9. The highest BCUT2D eigenvalue weighted by Crippen LogP contribution is 2.17. The molecule has 3 nitrogen and oxygen atoms in total. The molecule has 18 heavy (non-hydrogen) atoms. The predicted molar refractivity (Wildman–Crippen MR) is 67.1 cm³/mol. The zero-order valence-corrected chi connectivity index (χ0v) is 10.8. The molecular formula is C12H15F2NO2S. The smallest absolute Gasteiger partial charge is 0.322 e. The first-order chi connectivity index (χ1) is 8.54. The van der Waals surface area contributed by atoms with Crippen LogP contribution >= 0.6 is 11.8 Å². The van der Waals surface area contributed by atoms with Crippen molar-refractivity contribution in [2.45, 2.75) is 18.2 Å². The van der Waals surface area contributed by atoms with Gasteiger partial charge in [-0.2, -0.15) is 11.8 Å². The zero-order valence-electron chi connectivity index (χ0n) is 9.99. The molecule has 0 amide bonds. The van der Waals surface area contributed by atoms with Crippen molar-refractivity contribution in [3.05, 3.63) is 35.4 Å². The van der Waals surface area contributed by atoms with E-state index in [1.807, 2.05) is 0 Å². The summed E-state index contributed by atoms with van der Waals surface area (Å²) >= 11 is 1.39. The van der Waals surface area contributed by atoms with E-state index < -0.39 is 23.6 Å².